The number of benzene rings is 1. The molecule has 0 aliphatic carbocycles. The summed E-state index contributed by atoms with van der Waals surface area (Å²) in [4.78, 5) is 11.1. The summed E-state index contributed by atoms with van der Waals surface area (Å²) in [5, 5.41) is 16.9. The van der Waals surface area contributed by atoms with Crippen molar-refractivity contribution in [1.29, 1.82) is 0 Å². The molecule has 1 aliphatic heterocycles. The van der Waals surface area contributed by atoms with Crippen molar-refractivity contribution >= 4 is 26.8 Å². The fourth-order valence-electron chi connectivity index (χ4n) is 2.56. The molecule has 0 radical (unpaired) electrons. The Bertz CT molecular complexity index is 781. The first-order valence-electron chi connectivity index (χ1n) is 6.22. The van der Waals surface area contributed by atoms with Crippen molar-refractivity contribution in [3.63, 3.8) is 0 Å². The SMILES string of the molecule is O=C(O)c1cccc2c1nnn2CC1CCS(=O)(=O)C1. The Hall–Kier alpha value is -1.96. The molecule has 2 heterocycles. The van der Waals surface area contributed by atoms with Crippen LogP contribution in [0.4, 0.5) is 0 Å². The van der Waals surface area contributed by atoms with Crippen molar-refractivity contribution in [3.05, 3.63) is 23.8 Å². The Labute approximate surface area is 115 Å². The summed E-state index contributed by atoms with van der Waals surface area (Å²) in [5.41, 5.74) is 1.06. The quantitative estimate of drug-likeness (QED) is 0.887. The van der Waals surface area contributed by atoms with Crippen molar-refractivity contribution in [2.24, 2.45) is 5.92 Å². The fraction of sp³-hybridized carbons (Fsp3) is 0.417. The van der Waals surface area contributed by atoms with E-state index in [2.05, 4.69) is 10.3 Å². The van der Waals surface area contributed by atoms with Crippen molar-refractivity contribution in [1.82, 2.24) is 15.0 Å². The third-order valence-corrected chi connectivity index (χ3v) is 5.37. The molecule has 0 saturated carbocycles. The van der Waals surface area contributed by atoms with Crippen molar-refractivity contribution in [2.45, 2.75) is 13.0 Å². The van der Waals surface area contributed by atoms with Crippen LogP contribution in [0.15, 0.2) is 18.2 Å². The van der Waals surface area contributed by atoms with Gasteiger partial charge < -0.3 is 5.11 Å². The average molecular weight is 295 g/mol. The highest BCUT2D eigenvalue weighted by molar-refractivity contribution is 7.91. The summed E-state index contributed by atoms with van der Waals surface area (Å²) in [7, 11) is -2.93. The van der Waals surface area contributed by atoms with Gasteiger partial charge in [0, 0.05) is 6.54 Å². The topological polar surface area (TPSA) is 102 Å². The number of rotatable bonds is 3. The fourth-order valence-corrected chi connectivity index (χ4v) is 4.41. The first-order chi connectivity index (χ1) is 9.46. The maximum absolute atomic E-state index is 11.5. The van der Waals surface area contributed by atoms with Gasteiger partial charge in [-0.05, 0) is 24.5 Å². The highest BCUT2D eigenvalue weighted by Crippen LogP contribution is 2.22. The van der Waals surface area contributed by atoms with Crippen LogP contribution in [0.1, 0.15) is 16.8 Å². The van der Waals surface area contributed by atoms with Crippen LogP contribution in [0.25, 0.3) is 11.0 Å². The number of fused-ring (bicyclic) bond motifs is 1. The van der Waals surface area contributed by atoms with Crippen LogP contribution in [0.5, 0.6) is 0 Å². The number of aromatic carboxylic acids is 1. The largest absolute Gasteiger partial charge is 0.478 e. The average Bonchev–Trinajstić information content (AvgIpc) is 2.93. The standard InChI is InChI=1S/C12H13N3O4S/c16-12(17)9-2-1-3-10-11(9)13-14-15(10)6-8-4-5-20(18,19)7-8/h1-3,8H,4-7H2,(H,16,17). The van der Waals surface area contributed by atoms with Gasteiger partial charge in [-0.3, -0.25) is 0 Å². The van der Waals surface area contributed by atoms with Gasteiger partial charge in [0.15, 0.2) is 9.84 Å². The third-order valence-electron chi connectivity index (χ3n) is 3.53. The summed E-state index contributed by atoms with van der Waals surface area (Å²) in [6, 6.07) is 4.85. The molecule has 2 aromatic rings. The van der Waals surface area contributed by atoms with Crippen LogP contribution in [-0.2, 0) is 16.4 Å². The monoisotopic (exact) mass is 295 g/mol. The summed E-state index contributed by atoms with van der Waals surface area (Å²) < 4.78 is 24.5. The molecule has 7 nitrogen and oxygen atoms in total. The number of sulfone groups is 1. The number of nitrogens with zero attached hydrogens (tertiary/aromatic N) is 3. The molecule has 0 amide bonds. The number of hydrogen-bond acceptors (Lipinski definition) is 5. The van der Waals surface area contributed by atoms with Gasteiger partial charge in [-0.1, -0.05) is 11.3 Å². The molecule has 20 heavy (non-hydrogen) atoms. The molecule has 1 fully saturated rings. The molecule has 106 valence electrons. The highest BCUT2D eigenvalue weighted by Gasteiger charge is 2.28. The van der Waals surface area contributed by atoms with E-state index in [4.69, 9.17) is 5.11 Å². The van der Waals surface area contributed by atoms with Crippen LogP contribution in [0, 0.1) is 5.92 Å². The summed E-state index contributed by atoms with van der Waals surface area (Å²) in [6.07, 6.45) is 0.613. The lowest BCUT2D eigenvalue weighted by atomic mass is 10.1. The Morgan fingerprint density at radius 3 is 2.90 bits per heavy atom. The molecule has 1 aromatic carbocycles. The van der Waals surface area contributed by atoms with Crippen LogP contribution in [0.2, 0.25) is 0 Å². The molecule has 1 aliphatic rings. The summed E-state index contributed by atoms with van der Waals surface area (Å²) in [6.45, 7) is 0.443. The first-order valence-corrected chi connectivity index (χ1v) is 8.04. The molecule has 8 heteroatoms. The van der Waals surface area contributed by atoms with Crippen LogP contribution < -0.4 is 0 Å². The molecule has 0 spiro atoms. The van der Waals surface area contributed by atoms with E-state index >= 15 is 0 Å². The number of hydrogen-bond donors (Lipinski definition) is 1. The molecule has 1 saturated heterocycles. The van der Waals surface area contributed by atoms with Gasteiger partial charge >= 0.3 is 5.97 Å². The molecule has 3 rings (SSSR count). The van der Waals surface area contributed by atoms with Crippen LogP contribution in [0.3, 0.4) is 0 Å². The van der Waals surface area contributed by atoms with E-state index in [9.17, 15) is 13.2 Å². The minimum absolute atomic E-state index is 0.0124. The second-order valence-electron chi connectivity index (χ2n) is 5.02. The Balaban J connectivity index is 1.94. The number of carbonyl (C=O) groups is 1. The van der Waals surface area contributed by atoms with Crippen molar-refractivity contribution < 1.29 is 18.3 Å². The van der Waals surface area contributed by atoms with Gasteiger partial charge in [0.05, 0.1) is 22.6 Å². The lowest BCUT2D eigenvalue weighted by molar-refractivity contribution is 0.0699. The van der Waals surface area contributed by atoms with Crippen molar-refractivity contribution in [2.75, 3.05) is 11.5 Å². The predicted molar refractivity (Wildman–Crippen MR) is 71.2 cm³/mol. The lowest BCUT2D eigenvalue weighted by Crippen LogP contribution is -2.13. The number of carboxylic acids is 1. The zero-order valence-electron chi connectivity index (χ0n) is 10.6. The molecular weight excluding hydrogens is 282 g/mol. The zero-order valence-corrected chi connectivity index (χ0v) is 11.4. The van der Waals surface area contributed by atoms with Crippen molar-refractivity contribution in [3.8, 4) is 0 Å². The molecule has 1 atom stereocenters. The van der Waals surface area contributed by atoms with Crippen LogP contribution >= 0.6 is 0 Å². The smallest absolute Gasteiger partial charge is 0.338 e. The van der Waals surface area contributed by atoms with E-state index in [-0.39, 0.29) is 23.0 Å². The summed E-state index contributed by atoms with van der Waals surface area (Å²) >= 11 is 0. The van der Waals surface area contributed by atoms with Gasteiger partial charge in [0.1, 0.15) is 5.52 Å². The summed E-state index contributed by atoms with van der Waals surface area (Å²) in [5.74, 6) is -0.665. The Kier molecular flexibility index (Phi) is 2.97. The molecular formula is C12H13N3O4S. The van der Waals surface area contributed by atoms with Gasteiger partial charge in [-0.2, -0.15) is 0 Å². The maximum atomic E-state index is 11.5. The van der Waals surface area contributed by atoms with Gasteiger partial charge in [0.25, 0.3) is 0 Å². The zero-order chi connectivity index (χ0) is 14.3. The van der Waals surface area contributed by atoms with E-state index in [0.29, 0.717) is 24.0 Å². The Morgan fingerprint density at radius 1 is 1.45 bits per heavy atom. The van der Waals surface area contributed by atoms with Gasteiger partial charge in [0.2, 0.25) is 0 Å². The second-order valence-corrected chi connectivity index (χ2v) is 7.25. The third kappa shape index (κ3) is 2.26. The van der Waals surface area contributed by atoms with E-state index < -0.39 is 15.8 Å². The lowest BCUT2D eigenvalue weighted by Gasteiger charge is -2.07. The van der Waals surface area contributed by atoms with E-state index in [1.807, 2.05) is 0 Å². The van der Waals surface area contributed by atoms with E-state index in [1.54, 1.807) is 16.8 Å². The molecule has 1 aromatic heterocycles. The van der Waals surface area contributed by atoms with E-state index in [1.165, 1.54) is 6.07 Å². The minimum atomic E-state index is -2.93. The first kappa shape index (κ1) is 13.0. The second kappa shape index (κ2) is 4.55. The van der Waals surface area contributed by atoms with E-state index in [0.717, 1.165) is 0 Å². The molecule has 0 bridgehead atoms. The van der Waals surface area contributed by atoms with Gasteiger partial charge in [-0.15, -0.1) is 5.10 Å². The minimum Gasteiger partial charge on any atom is -0.478 e. The number of aromatic nitrogens is 3. The van der Waals surface area contributed by atoms with Crippen LogP contribution in [-0.4, -0.2) is 46.0 Å². The molecule has 1 N–H and O–H groups in total. The maximum Gasteiger partial charge on any atom is 0.338 e. The molecule has 1 unspecified atom stereocenters. The van der Waals surface area contributed by atoms with Gasteiger partial charge in [-0.25, -0.2) is 17.9 Å². The number of carboxylic acid groups (broad SMARTS) is 1. The normalized spacial score (nSPS) is 21.3. The predicted octanol–water partition coefficient (Wildman–Crippen LogP) is 0.564. The highest BCUT2D eigenvalue weighted by atomic mass is 32.2. The Morgan fingerprint density at radius 2 is 2.25 bits per heavy atom.